The zero-order chi connectivity index (χ0) is 22.4. The molecule has 0 aliphatic rings. The van der Waals surface area contributed by atoms with Gasteiger partial charge in [0.05, 0.1) is 9.13 Å². The number of aryl methyl sites for hydroxylation is 1. The summed E-state index contributed by atoms with van der Waals surface area (Å²) in [4.78, 5) is 13.0. The van der Waals surface area contributed by atoms with Gasteiger partial charge in [-0.1, -0.05) is 64.4 Å². The highest BCUT2D eigenvalue weighted by atomic mass is 35.5. The topological polar surface area (TPSA) is 63.2 Å². The van der Waals surface area contributed by atoms with Crippen molar-refractivity contribution in [2.75, 3.05) is 0 Å². The van der Waals surface area contributed by atoms with Crippen molar-refractivity contribution >= 4 is 63.0 Å². The van der Waals surface area contributed by atoms with Crippen LogP contribution in [-0.2, 0) is 14.6 Å². The summed E-state index contributed by atoms with van der Waals surface area (Å²) in [6, 6.07) is 20.5. The van der Waals surface area contributed by atoms with Gasteiger partial charge in [0.2, 0.25) is 16.2 Å². The minimum absolute atomic E-state index is 0.0911. The van der Waals surface area contributed by atoms with Gasteiger partial charge in [-0.2, -0.15) is 0 Å². The van der Waals surface area contributed by atoms with Gasteiger partial charge in [-0.05, 0) is 67.6 Å². The predicted molar refractivity (Wildman–Crippen MR) is 129 cm³/mol. The quantitative estimate of drug-likeness (QED) is 0.276. The molecule has 0 unspecified atom stereocenters. The van der Waals surface area contributed by atoms with Gasteiger partial charge in [-0.25, -0.2) is 8.42 Å². The van der Waals surface area contributed by atoms with Crippen LogP contribution in [0.5, 0.6) is 0 Å². The summed E-state index contributed by atoms with van der Waals surface area (Å²) in [5, 5.41) is 3.36. The molecule has 0 bridgehead atoms. The zero-order valence-corrected chi connectivity index (χ0v) is 20.2. The highest BCUT2D eigenvalue weighted by molar-refractivity contribution is 8.23. The normalized spacial score (nSPS) is 11.1. The van der Waals surface area contributed by atoms with Gasteiger partial charge in [-0.15, -0.1) is 0 Å². The Morgan fingerprint density at radius 2 is 1.26 bits per heavy atom. The van der Waals surface area contributed by atoms with E-state index < -0.39 is 9.84 Å². The summed E-state index contributed by atoms with van der Waals surface area (Å²) in [6.45, 7) is 1.87. The Labute approximate surface area is 200 Å². The van der Waals surface area contributed by atoms with Crippen molar-refractivity contribution < 1.29 is 13.2 Å². The molecule has 3 aromatic rings. The molecule has 0 heterocycles. The lowest BCUT2D eigenvalue weighted by Gasteiger charge is -2.15. The van der Waals surface area contributed by atoms with E-state index in [4.69, 9.17) is 23.2 Å². The minimum atomic E-state index is -3.99. The highest BCUT2D eigenvalue weighted by Crippen LogP contribution is 2.43. The first-order valence-electron chi connectivity index (χ1n) is 8.92. The molecule has 3 aromatic carbocycles. The third-order valence-corrected chi connectivity index (χ3v) is 8.83. The summed E-state index contributed by atoms with van der Waals surface area (Å²) in [5.41, 5.74) is 0.930. The van der Waals surface area contributed by atoms with Crippen LogP contribution in [0.3, 0.4) is 0 Å². The molecule has 0 spiro atoms. The standard InChI is InChI=1S/C22H17Cl2NO3S3/c1-15-2-12-20(13-3-15)31(27,28)21(25-14-26)22(29-18-8-4-16(23)5-9-18)30-19-10-6-17(24)7-11-19/h2-14H,1H3,(H,25,26). The zero-order valence-electron chi connectivity index (χ0n) is 16.2. The minimum Gasteiger partial charge on any atom is -0.318 e. The van der Waals surface area contributed by atoms with E-state index in [0.717, 1.165) is 15.4 Å². The summed E-state index contributed by atoms with van der Waals surface area (Å²) in [5.74, 6) is 0. The highest BCUT2D eigenvalue weighted by Gasteiger charge is 2.26. The van der Waals surface area contributed by atoms with E-state index in [1.54, 1.807) is 60.7 Å². The van der Waals surface area contributed by atoms with Crippen LogP contribution in [0.1, 0.15) is 5.56 Å². The van der Waals surface area contributed by atoms with Crippen LogP contribution in [0, 0.1) is 6.92 Å². The molecule has 0 radical (unpaired) electrons. The summed E-state index contributed by atoms with van der Waals surface area (Å²) < 4.78 is 27.2. The van der Waals surface area contributed by atoms with Crippen molar-refractivity contribution in [1.82, 2.24) is 5.32 Å². The van der Waals surface area contributed by atoms with Crippen LogP contribution >= 0.6 is 46.7 Å². The second kappa shape index (κ2) is 10.6. The van der Waals surface area contributed by atoms with Crippen LogP contribution in [-0.4, -0.2) is 14.8 Å². The van der Waals surface area contributed by atoms with E-state index in [9.17, 15) is 13.2 Å². The van der Waals surface area contributed by atoms with Gasteiger partial charge in [-0.3, -0.25) is 4.79 Å². The number of rotatable bonds is 8. The van der Waals surface area contributed by atoms with Crippen molar-refractivity contribution in [3.8, 4) is 0 Å². The van der Waals surface area contributed by atoms with Gasteiger partial charge in [0.15, 0.2) is 5.03 Å². The molecule has 0 saturated carbocycles. The Morgan fingerprint density at radius 1 is 0.806 bits per heavy atom. The lowest BCUT2D eigenvalue weighted by Crippen LogP contribution is -2.21. The Balaban J connectivity index is 2.13. The first kappa shape index (κ1) is 23.8. The summed E-state index contributed by atoms with van der Waals surface area (Å²) in [6.07, 6.45) is 0.367. The van der Waals surface area contributed by atoms with Gasteiger partial charge < -0.3 is 5.32 Å². The number of hydrogen-bond donors (Lipinski definition) is 1. The molecule has 31 heavy (non-hydrogen) atoms. The van der Waals surface area contributed by atoms with E-state index in [0.29, 0.717) is 20.7 Å². The van der Waals surface area contributed by atoms with E-state index in [1.165, 1.54) is 35.7 Å². The maximum Gasteiger partial charge on any atom is 0.223 e. The fourth-order valence-electron chi connectivity index (χ4n) is 2.47. The lowest BCUT2D eigenvalue weighted by molar-refractivity contribution is -0.108. The molecule has 0 fully saturated rings. The van der Waals surface area contributed by atoms with Crippen LogP contribution in [0.25, 0.3) is 0 Å². The third-order valence-electron chi connectivity index (χ3n) is 4.02. The number of halogens is 2. The molecular weight excluding hydrogens is 493 g/mol. The molecule has 0 saturated heterocycles. The van der Waals surface area contributed by atoms with Gasteiger partial charge >= 0.3 is 0 Å². The molecule has 4 nitrogen and oxygen atoms in total. The number of sulfone groups is 1. The molecule has 3 rings (SSSR count). The fourth-order valence-corrected chi connectivity index (χ4v) is 6.80. The van der Waals surface area contributed by atoms with Gasteiger partial charge in [0, 0.05) is 19.8 Å². The maximum absolute atomic E-state index is 13.4. The van der Waals surface area contributed by atoms with Crippen LogP contribution in [0.4, 0.5) is 0 Å². The van der Waals surface area contributed by atoms with Crippen molar-refractivity contribution in [2.24, 2.45) is 0 Å². The smallest absolute Gasteiger partial charge is 0.223 e. The number of nitrogens with one attached hydrogen (secondary N) is 1. The number of carbonyl (C=O) groups is 1. The molecule has 0 atom stereocenters. The molecule has 1 N–H and O–H groups in total. The van der Waals surface area contributed by atoms with Crippen molar-refractivity contribution in [3.05, 3.63) is 97.7 Å². The average molecular weight is 510 g/mol. The molecular formula is C22H17Cl2NO3S3. The molecule has 160 valence electrons. The van der Waals surface area contributed by atoms with Crippen molar-refractivity contribution in [2.45, 2.75) is 21.6 Å². The molecule has 0 aliphatic carbocycles. The summed E-state index contributed by atoms with van der Waals surface area (Å²) in [7, 11) is -3.99. The first-order chi connectivity index (χ1) is 14.8. The van der Waals surface area contributed by atoms with Gasteiger partial charge in [0.25, 0.3) is 0 Å². The number of benzene rings is 3. The van der Waals surface area contributed by atoms with Crippen LogP contribution in [0.15, 0.2) is 96.7 Å². The Bertz CT molecular complexity index is 1140. The second-order valence-corrected chi connectivity index (χ2v) is 11.5. The van der Waals surface area contributed by atoms with Crippen LogP contribution < -0.4 is 5.32 Å². The molecule has 0 aliphatic heterocycles. The Kier molecular flexibility index (Phi) is 8.13. The maximum atomic E-state index is 13.4. The third kappa shape index (κ3) is 6.30. The predicted octanol–water partition coefficient (Wildman–Crippen LogP) is 6.53. The number of amides is 1. The average Bonchev–Trinajstić information content (AvgIpc) is 2.75. The monoisotopic (exact) mass is 509 g/mol. The molecule has 9 heteroatoms. The van der Waals surface area contributed by atoms with E-state index in [1.807, 2.05) is 6.92 Å². The Hall–Kier alpha value is -1.90. The SMILES string of the molecule is Cc1ccc(S(=O)(=O)C(NC=O)=C(Sc2ccc(Cl)cc2)Sc2ccc(Cl)cc2)cc1. The lowest BCUT2D eigenvalue weighted by atomic mass is 10.2. The molecule has 1 amide bonds. The number of carbonyl (C=O) groups excluding carboxylic acids is 1. The summed E-state index contributed by atoms with van der Waals surface area (Å²) >= 11 is 14.4. The van der Waals surface area contributed by atoms with E-state index in [-0.39, 0.29) is 9.92 Å². The Morgan fingerprint density at radius 3 is 1.68 bits per heavy atom. The first-order valence-corrected chi connectivity index (χ1v) is 12.8. The van der Waals surface area contributed by atoms with Gasteiger partial charge in [0.1, 0.15) is 0 Å². The number of thioether (sulfide) groups is 2. The van der Waals surface area contributed by atoms with E-state index >= 15 is 0 Å². The molecule has 0 aromatic heterocycles. The number of hydrogen-bond acceptors (Lipinski definition) is 5. The second-order valence-electron chi connectivity index (χ2n) is 6.31. The fraction of sp³-hybridized carbons (Fsp3) is 0.0455. The largest absolute Gasteiger partial charge is 0.318 e. The van der Waals surface area contributed by atoms with Crippen molar-refractivity contribution in [1.29, 1.82) is 0 Å². The van der Waals surface area contributed by atoms with E-state index in [2.05, 4.69) is 5.32 Å². The van der Waals surface area contributed by atoms with Crippen molar-refractivity contribution in [3.63, 3.8) is 0 Å². The van der Waals surface area contributed by atoms with Crippen LogP contribution in [0.2, 0.25) is 10.0 Å².